The number of nitrogens with zero attached hydrogens (tertiary/aromatic N) is 3. The highest BCUT2D eigenvalue weighted by Crippen LogP contribution is 2.19. The Bertz CT molecular complexity index is 710. The van der Waals surface area contributed by atoms with Crippen molar-refractivity contribution in [2.24, 2.45) is 5.73 Å². The lowest BCUT2D eigenvalue weighted by Gasteiger charge is -2.07. The van der Waals surface area contributed by atoms with Crippen LogP contribution >= 0.6 is 0 Å². The topological polar surface area (TPSA) is 56.7 Å². The lowest BCUT2D eigenvalue weighted by molar-refractivity contribution is 0.636. The average molecular weight is 252 g/mol. The van der Waals surface area contributed by atoms with Crippen LogP contribution in [-0.4, -0.2) is 15.0 Å². The second-order valence-electron chi connectivity index (χ2n) is 4.62. The minimum Gasteiger partial charge on any atom is -0.325 e. The molecule has 1 heterocycles. The Morgan fingerprint density at radius 2 is 1.89 bits per heavy atom. The van der Waals surface area contributed by atoms with E-state index in [2.05, 4.69) is 52.8 Å². The molecule has 0 saturated heterocycles. The second-order valence-corrected chi connectivity index (χ2v) is 4.62. The lowest BCUT2D eigenvalue weighted by atomic mass is 10.0. The van der Waals surface area contributed by atoms with Gasteiger partial charge in [0.25, 0.3) is 0 Å². The molecular formula is C15H16N4. The number of fused-ring (bicyclic) bond motifs is 1. The fourth-order valence-corrected chi connectivity index (χ4v) is 2.33. The summed E-state index contributed by atoms with van der Waals surface area (Å²) < 4.78 is 1.91. The number of benzene rings is 2. The molecule has 3 rings (SSSR count). The fourth-order valence-electron chi connectivity index (χ4n) is 2.33. The van der Waals surface area contributed by atoms with E-state index in [0.29, 0.717) is 6.54 Å². The van der Waals surface area contributed by atoms with Gasteiger partial charge in [0.05, 0.1) is 17.9 Å². The number of hydrogen-bond acceptors (Lipinski definition) is 3. The van der Waals surface area contributed by atoms with E-state index in [9.17, 15) is 0 Å². The first-order valence-electron chi connectivity index (χ1n) is 6.35. The van der Waals surface area contributed by atoms with Crippen molar-refractivity contribution in [2.45, 2.75) is 20.0 Å². The van der Waals surface area contributed by atoms with Crippen molar-refractivity contribution in [3.63, 3.8) is 0 Å². The molecule has 0 bridgehead atoms. The van der Waals surface area contributed by atoms with Crippen LogP contribution in [0, 0.1) is 6.92 Å². The first-order valence-corrected chi connectivity index (χ1v) is 6.35. The summed E-state index contributed by atoms with van der Waals surface area (Å²) in [6, 6.07) is 14.7. The van der Waals surface area contributed by atoms with Gasteiger partial charge in [-0.15, -0.1) is 5.10 Å². The molecule has 2 aromatic carbocycles. The van der Waals surface area contributed by atoms with Gasteiger partial charge < -0.3 is 5.73 Å². The Balaban J connectivity index is 2.03. The van der Waals surface area contributed by atoms with Crippen molar-refractivity contribution < 1.29 is 0 Å². The zero-order valence-electron chi connectivity index (χ0n) is 10.9. The highest BCUT2D eigenvalue weighted by atomic mass is 15.4. The smallest absolute Gasteiger partial charge is 0.0991 e. The van der Waals surface area contributed by atoms with E-state index in [1.54, 1.807) is 0 Å². The number of rotatable bonds is 3. The Morgan fingerprint density at radius 3 is 2.68 bits per heavy atom. The van der Waals surface area contributed by atoms with Crippen LogP contribution in [0.3, 0.4) is 0 Å². The summed E-state index contributed by atoms with van der Waals surface area (Å²) in [5, 5.41) is 10.8. The molecule has 0 aliphatic heterocycles. The standard InChI is InChI=1S/C15H16N4/c1-11-15(9-16)17-18-19(11)10-13-7-4-6-12-5-2-3-8-14(12)13/h2-8H,9-10,16H2,1H3. The molecular weight excluding hydrogens is 236 g/mol. The fraction of sp³-hybridized carbons (Fsp3) is 0.200. The number of hydrogen-bond donors (Lipinski definition) is 1. The molecule has 0 saturated carbocycles. The molecule has 0 unspecified atom stereocenters. The maximum Gasteiger partial charge on any atom is 0.0991 e. The predicted molar refractivity (Wildman–Crippen MR) is 75.7 cm³/mol. The summed E-state index contributed by atoms with van der Waals surface area (Å²) in [7, 11) is 0. The van der Waals surface area contributed by atoms with Gasteiger partial charge in [-0.25, -0.2) is 4.68 Å². The Hall–Kier alpha value is -2.20. The summed E-state index contributed by atoms with van der Waals surface area (Å²) >= 11 is 0. The maximum absolute atomic E-state index is 5.63. The van der Waals surface area contributed by atoms with E-state index in [0.717, 1.165) is 17.9 Å². The van der Waals surface area contributed by atoms with Gasteiger partial charge in [0, 0.05) is 6.54 Å². The van der Waals surface area contributed by atoms with E-state index in [1.807, 2.05) is 11.6 Å². The molecule has 19 heavy (non-hydrogen) atoms. The minimum absolute atomic E-state index is 0.432. The summed E-state index contributed by atoms with van der Waals surface area (Å²) in [5.41, 5.74) is 8.78. The first-order chi connectivity index (χ1) is 9.29. The van der Waals surface area contributed by atoms with Gasteiger partial charge in [-0.1, -0.05) is 47.7 Å². The van der Waals surface area contributed by atoms with Gasteiger partial charge in [-0.05, 0) is 23.3 Å². The van der Waals surface area contributed by atoms with Crippen molar-refractivity contribution in [2.75, 3.05) is 0 Å². The third-order valence-corrected chi connectivity index (χ3v) is 3.47. The van der Waals surface area contributed by atoms with E-state index >= 15 is 0 Å². The molecule has 0 atom stereocenters. The molecule has 0 aliphatic rings. The molecule has 96 valence electrons. The van der Waals surface area contributed by atoms with Crippen LogP contribution in [-0.2, 0) is 13.1 Å². The molecule has 0 fully saturated rings. The van der Waals surface area contributed by atoms with Crippen LogP contribution in [0.5, 0.6) is 0 Å². The Kier molecular flexibility index (Phi) is 3.01. The highest BCUT2D eigenvalue weighted by molar-refractivity contribution is 5.85. The number of aromatic nitrogens is 3. The molecule has 2 N–H and O–H groups in total. The second kappa shape index (κ2) is 4.82. The van der Waals surface area contributed by atoms with Crippen LogP contribution < -0.4 is 5.73 Å². The largest absolute Gasteiger partial charge is 0.325 e. The zero-order valence-corrected chi connectivity index (χ0v) is 10.9. The van der Waals surface area contributed by atoms with Gasteiger partial charge in [-0.2, -0.15) is 0 Å². The van der Waals surface area contributed by atoms with Gasteiger partial charge in [0.1, 0.15) is 0 Å². The highest BCUT2D eigenvalue weighted by Gasteiger charge is 2.08. The predicted octanol–water partition coefficient (Wildman–Crippen LogP) is 2.25. The van der Waals surface area contributed by atoms with Crippen LogP contribution in [0.2, 0.25) is 0 Å². The van der Waals surface area contributed by atoms with E-state index in [-0.39, 0.29) is 0 Å². The van der Waals surface area contributed by atoms with Crippen molar-refractivity contribution in [3.05, 3.63) is 59.4 Å². The molecule has 4 heteroatoms. The van der Waals surface area contributed by atoms with Crippen molar-refractivity contribution in [3.8, 4) is 0 Å². The summed E-state index contributed by atoms with van der Waals surface area (Å²) in [5.74, 6) is 0. The van der Waals surface area contributed by atoms with Gasteiger partial charge in [0.2, 0.25) is 0 Å². The van der Waals surface area contributed by atoms with Crippen LogP contribution in [0.1, 0.15) is 17.0 Å². The lowest BCUT2D eigenvalue weighted by Crippen LogP contribution is -2.05. The summed E-state index contributed by atoms with van der Waals surface area (Å²) in [6.07, 6.45) is 0. The summed E-state index contributed by atoms with van der Waals surface area (Å²) in [6.45, 7) is 3.16. The Labute approximate surface area is 111 Å². The third kappa shape index (κ3) is 2.11. The molecule has 0 amide bonds. The third-order valence-electron chi connectivity index (χ3n) is 3.47. The van der Waals surface area contributed by atoms with Crippen molar-refractivity contribution >= 4 is 10.8 Å². The van der Waals surface area contributed by atoms with E-state index < -0.39 is 0 Å². The van der Waals surface area contributed by atoms with Crippen LogP contribution in [0.15, 0.2) is 42.5 Å². The molecule has 0 aliphatic carbocycles. The Morgan fingerprint density at radius 1 is 1.11 bits per heavy atom. The molecule has 3 aromatic rings. The zero-order chi connectivity index (χ0) is 13.2. The monoisotopic (exact) mass is 252 g/mol. The minimum atomic E-state index is 0.432. The quantitative estimate of drug-likeness (QED) is 0.777. The molecule has 1 aromatic heterocycles. The van der Waals surface area contributed by atoms with Gasteiger partial charge in [0.15, 0.2) is 0 Å². The first kappa shape index (κ1) is 11.9. The van der Waals surface area contributed by atoms with E-state index in [1.165, 1.54) is 16.3 Å². The number of nitrogens with two attached hydrogens (primary N) is 1. The van der Waals surface area contributed by atoms with Crippen molar-refractivity contribution in [1.29, 1.82) is 0 Å². The van der Waals surface area contributed by atoms with E-state index in [4.69, 9.17) is 5.73 Å². The van der Waals surface area contributed by atoms with Crippen LogP contribution in [0.25, 0.3) is 10.8 Å². The summed E-state index contributed by atoms with van der Waals surface area (Å²) in [4.78, 5) is 0. The van der Waals surface area contributed by atoms with Crippen molar-refractivity contribution in [1.82, 2.24) is 15.0 Å². The SMILES string of the molecule is Cc1c(CN)nnn1Cc1cccc2ccccc12. The molecule has 4 nitrogen and oxygen atoms in total. The van der Waals surface area contributed by atoms with Crippen LogP contribution in [0.4, 0.5) is 0 Å². The normalized spacial score (nSPS) is 11.1. The molecule has 0 radical (unpaired) electrons. The average Bonchev–Trinajstić information content (AvgIpc) is 2.80. The maximum atomic E-state index is 5.63. The molecule has 0 spiro atoms. The van der Waals surface area contributed by atoms with Gasteiger partial charge >= 0.3 is 0 Å². The van der Waals surface area contributed by atoms with Gasteiger partial charge in [-0.3, -0.25) is 0 Å².